The van der Waals surface area contributed by atoms with Gasteiger partial charge >= 0.3 is 35.5 Å². The van der Waals surface area contributed by atoms with Gasteiger partial charge in [0, 0.05) is 5.69 Å². The number of nitrogens with one attached hydrogen (secondary N) is 1. The number of Topliss-reactive ketones (excluding diaryl/α,β-unsaturated/α-hetero) is 1. The van der Waals surface area contributed by atoms with E-state index >= 15 is 0 Å². The van der Waals surface area contributed by atoms with E-state index in [4.69, 9.17) is 21.4 Å². The SMILES string of the molecule is Cc1ccc(C)c(C(=O)O)c1N.Cc1ccc(C)c2c1NC(=O)C2=O.OO.[Na+].[OH-]. The van der Waals surface area contributed by atoms with Crippen LogP contribution in [0.1, 0.15) is 43.0 Å². The fourth-order valence-corrected chi connectivity index (χ4v) is 2.67. The Labute approximate surface area is 190 Å². The van der Waals surface area contributed by atoms with Crippen molar-refractivity contribution in [2.45, 2.75) is 27.7 Å². The van der Waals surface area contributed by atoms with E-state index in [-0.39, 0.29) is 40.6 Å². The number of anilines is 2. The van der Waals surface area contributed by atoms with E-state index in [1.165, 1.54) is 0 Å². The monoisotopic (exact) mass is 414 g/mol. The maximum absolute atomic E-state index is 11.4. The van der Waals surface area contributed by atoms with Gasteiger partial charge in [0.25, 0.3) is 11.7 Å². The molecule has 0 aromatic heterocycles. The molecule has 152 valence electrons. The molecule has 9 nitrogen and oxygen atoms in total. The zero-order valence-corrected chi connectivity index (χ0v) is 18.9. The van der Waals surface area contributed by atoms with Crippen LogP contribution in [0.4, 0.5) is 11.4 Å². The molecule has 10 heteroatoms. The number of carboxylic acid groups (broad SMARTS) is 1. The Hall–Kier alpha value is -2.27. The summed E-state index contributed by atoms with van der Waals surface area (Å²) in [5.74, 6) is -1.91. The molecule has 0 radical (unpaired) electrons. The quantitative estimate of drug-likeness (QED) is 0.141. The van der Waals surface area contributed by atoms with Crippen molar-refractivity contribution in [2.75, 3.05) is 11.1 Å². The van der Waals surface area contributed by atoms with Gasteiger partial charge in [-0.05, 0) is 49.9 Å². The Bertz CT molecular complexity index is 914. The van der Waals surface area contributed by atoms with Crippen LogP contribution in [0.25, 0.3) is 0 Å². The molecule has 1 aliphatic heterocycles. The van der Waals surface area contributed by atoms with Gasteiger partial charge in [-0.2, -0.15) is 0 Å². The van der Waals surface area contributed by atoms with Crippen molar-refractivity contribution in [1.29, 1.82) is 0 Å². The van der Waals surface area contributed by atoms with Crippen molar-refractivity contribution in [1.82, 2.24) is 0 Å². The molecule has 0 bridgehead atoms. The smallest absolute Gasteiger partial charge is 0.870 e. The second-order valence-electron chi connectivity index (χ2n) is 6.03. The van der Waals surface area contributed by atoms with Crippen molar-refractivity contribution in [2.24, 2.45) is 0 Å². The average Bonchev–Trinajstić information content (AvgIpc) is 2.93. The van der Waals surface area contributed by atoms with Gasteiger partial charge in [0.15, 0.2) is 0 Å². The molecule has 0 atom stereocenters. The second kappa shape index (κ2) is 12.3. The molecule has 0 fully saturated rings. The molecule has 7 N–H and O–H groups in total. The maximum atomic E-state index is 11.4. The van der Waals surface area contributed by atoms with Crippen molar-refractivity contribution >= 4 is 29.0 Å². The van der Waals surface area contributed by atoms with Crippen LogP contribution in [0, 0.1) is 27.7 Å². The molecule has 0 saturated heterocycles. The number of rotatable bonds is 1. The topological polar surface area (TPSA) is 180 Å². The van der Waals surface area contributed by atoms with Crippen LogP contribution in [0.15, 0.2) is 24.3 Å². The van der Waals surface area contributed by atoms with Crippen molar-refractivity contribution in [3.8, 4) is 0 Å². The summed E-state index contributed by atoms with van der Waals surface area (Å²) in [4.78, 5) is 33.1. The van der Waals surface area contributed by atoms with E-state index < -0.39 is 17.7 Å². The van der Waals surface area contributed by atoms with Crippen molar-refractivity contribution < 1.29 is 65.0 Å². The van der Waals surface area contributed by atoms with Crippen LogP contribution in [0.5, 0.6) is 0 Å². The van der Waals surface area contributed by atoms with Crippen molar-refractivity contribution in [3.63, 3.8) is 0 Å². The molecule has 0 spiro atoms. The molecule has 1 aliphatic rings. The number of aryl methyl sites for hydroxylation is 4. The van der Waals surface area contributed by atoms with Gasteiger partial charge in [-0.3, -0.25) is 20.1 Å². The zero-order chi connectivity index (χ0) is 20.9. The van der Waals surface area contributed by atoms with Gasteiger partial charge in [-0.15, -0.1) is 0 Å². The van der Waals surface area contributed by atoms with Crippen LogP contribution < -0.4 is 40.6 Å². The molecule has 3 rings (SSSR count). The zero-order valence-electron chi connectivity index (χ0n) is 16.9. The van der Waals surface area contributed by atoms with Gasteiger partial charge in [-0.1, -0.05) is 24.3 Å². The van der Waals surface area contributed by atoms with E-state index in [0.29, 0.717) is 22.5 Å². The van der Waals surface area contributed by atoms with E-state index in [1.54, 1.807) is 19.9 Å². The van der Waals surface area contributed by atoms with Crippen molar-refractivity contribution in [3.05, 3.63) is 57.6 Å². The van der Waals surface area contributed by atoms with Gasteiger partial charge in [-0.25, -0.2) is 4.79 Å². The van der Waals surface area contributed by atoms with Crippen LogP contribution in [-0.2, 0) is 4.79 Å². The van der Waals surface area contributed by atoms with Crippen LogP contribution in [0.2, 0.25) is 0 Å². The van der Waals surface area contributed by atoms with Crippen LogP contribution in [-0.4, -0.2) is 38.8 Å². The Morgan fingerprint density at radius 2 is 1.34 bits per heavy atom. The molecule has 2 aromatic rings. The van der Waals surface area contributed by atoms with Crippen LogP contribution in [0.3, 0.4) is 0 Å². The summed E-state index contributed by atoms with van der Waals surface area (Å²) in [5.41, 5.74) is 10.7. The molecule has 0 unspecified atom stereocenters. The number of nitrogens with two attached hydrogens (primary N) is 1. The number of hydrogen-bond acceptors (Lipinski definition) is 7. The first kappa shape index (κ1) is 28.9. The Balaban J connectivity index is 0. The minimum Gasteiger partial charge on any atom is -0.870 e. The predicted octanol–water partition coefficient (Wildman–Crippen LogP) is -0.133. The molecule has 0 saturated carbocycles. The van der Waals surface area contributed by atoms with Gasteiger partial charge < -0.3 is 21.6 Å². The molecule has 2 aromatic carbocycles. The number of benzene rings is 2. The first-order valence-corrected chi connectivity index (χ1v) is 7.90. The standard InChI is InChI=1S/C10H9NO2.C9H11NO2.Na.H2O2.H2O/c1-5-3-4-6(2)8-7(5)9(12)10(13)11-8;1-5-3-4-6(2)8(10)7(5)9(11)12;;1-2;/h3-4H,1-2H3,(H,11,12,13);3-4H,10H2,1-2H3,(H,11,12);;1-2H;1H2/q;;+1;;/p-1. The van der Waals surface area contributed by atoms with E-state index in [9.17, 15) is 14.4 Å². The molecule has 1 heterocycles. The second-order valence-corrected chi connectivity index (χ2v) is 6.03. The van der Waals surface area contributed by atoms with Gasteiger partial charge in [0.05, 0.1) is 16.8 Å². The fraction of sp³-hybridized carbons (Fsp3) is 0.211. The molecular formula is C19H23N2NaO7. The molecule has 0 aliphatic carbocycles. The number of carbonyl (C=O) groups excluding carboxylic acids is 2. The number of carboxylic acids is 1. The number of carbonyl (C=O) groups is 3. The molecule has 1 amide bonds. The third-order valence-corrected chi connectivity index (χ3v) is 4.18. The Morgan fingerprint density at radius 3 is 1.79 bits per heavy atom. The Morgan fingerprint density at radius 1 is 0.897 bits per heavy atom. The minimum absolute atomic E-state index is 0. The number of ketones is 1. The van der Waals surface area contributed by atoms with Gasteiger partial charge in [0.2, 0.25) is 0 Å². The van der Waals surface area contributed by atoms with E-state index in [1.807, 2.05) is 32.0 Å². The molecule has 29 heavy (non-hydrogen) atoms. The third-order valence-electron chi connectivity index (χ3n) is 4.18. The summed E-state index contributed by atoms with van der Waals surface area (Å²) in [5, 5.41) is 23.4. The number of fused-ring (bicyclic) bond motifs is 1. The summed E-state index contributed by atoms with van der Waals surface area (Å²) in [6, 6.07) is 7.33. The summed E-state index contributed by atoms with van der Waals surface area (Å²) in [7, 11) is 0. The summed E-state index contributed by atoms with van der Waals surface area (Å²) < 4.78 is 0. The first-order chi connectivity index (χ1) is 12.6. The first-order valence-electron chi connectivity index (χ1n) is 7.90. The number of nitrogen functional groups attached to an aromatic ring is 1. The van der Waals surface area contributed by atoms with E-state index in [2.05, 4.69) is 5.32 Å². The van der Waals surface area contributed by atoms with Crippen LogP contribution >= 0.6 is 0 Å². The average molecular weight is 414 g/mol. The van der Waals surface area contributed by atoms with E-state index in [0.717, 1.165) is 16.7 Å². The fourth-order valence-electron chi connectivity index (χ4n) is 2.67. The number of hydrogen-bond donors (Lipinski definition) is 5. The normalized spacial score (nSPS) is 10.7. The largest absolute Gasteiger partial charge is 1.00 e. The molecular weight excluding hydrogens is 391 g/mol. The summed E-state index contributed by atoms with van der Waals surface area (Å²) in [6.45, 7) is 7.23. The number of amides is 1. The van der Waals surface area contributed by atoms with Gasteiger partial charge in [0.1, 0.15) is 0 Å². The summed E-state index contributed by atoms with van der Waals surface area (Å²) in [6.07, 6.45) is 0. The maximum Gasteiger partial charge on any atom is 1.00 e. The number of aromatic carboxylic acids is 1. The Kier molecular flexibility index (Phi) is 12.3. The predicted molar refractivity (Wildman–Crippen MR) is 103 cm³/mol. The summed E-state index contributed by atoms with van der Waals surface area (Å²) >= 11 is 0. The third kappa shape index (κ3) is 6.36. The minimum atomic E-state index is -0.964.